The molecule has 0 bridgehead atoms. The SMILES string of the molecule is Cc1ccc(Nc2c(-c3cccc(Br)c3)nc3c(C)cccn23)cc1. The number of halogens is 1. The monoisotopic (exact) mass is 391 g/mol. The molecule has 0 unspecified atom stereocenters. The lowest BCUT2D eigenvalue weighted by Gasteiger charge is -2.10. The molecule has 2 heterocycles. The topological polar surface area (TPSA) is 29.3 Å². The minimum atomic E-state index is 0.941. The van der Waals surface area contributed by atoms with Crippen LogP contribution in [0, 0.1) is 13.8 Å². The lowest BCUT2D eigenvalue weighted by atomic mass is 10.1. The van der Waals surface area contributed by atoms with Gasteiger partial charge in [-0.05, 0) is 49.7 Å². The predicted molar refractivity (Wildman–Crippen MR) is 108 cm³/mol. The number of hydrogen-bond acceptors (Lipinski definition) is 2. The number of rotatable bonds is 3. The zero-order valence-corrected chi connectivity index (χ0v) is 15.7. The van der Waals surface area contributed by atoms with Crippen molar-refractivity contribution in [3.63, 3.8) is 0 Å². The minimum Gasteiger partial charge on any atom is -0.339 e. The maximum atomic E-state index is 4.92. The number of fused-ring (bicyclic) bond motifs is 1. The lowest BCUT2D eigenvalue weighted by molar-refractivity contribution is 1.16. The summed E-state index contributed by atoms with van der Waals surface area (Å²) in [5.74, 6) is 0.973. The summed E-state index contributed by atoms with van der Waals surface area (Å²) in [5, 5.41) is 3.55. The first-order chi connectivity index (χ1) is 12.1. The third kappa shape index (κ3) is 3.05. The van der Waals surface area contributed by atoms with Gasteiger partial charge in [0.1, 0.15) is 17.2 Å². The largest absolute Gasteiger partial charge is 0.339 e. The van der Waals surface area contributed by atoms with E-state index >= 15 is 0 Å². The lowest BCUT2D eigenvalue weighted by Crippen LogP contribution is -1.97. The third-order valence-electron chi connectivity index (χ3n) is 4.26. The van der Waals surface area contributed by atoms with E-state index in [0.717, 1.165) is 38.4 Å². The van der Waals surface area contributed by atoms with Crippen LogP contribution in [0.25, 0.3) is 16.9 Å². The number of benzene rings is 2. The van der Waals surface area contributed by atoms with Crippen molar-refractivity contribution in [1.29, 1.82) is 0 Å². The van der Waals surface area contributed by atoms with Gasteiger partial charge in [-0.3, -0.25) is 4.40 Å². The Labute approximate surface area is 155 Å². The molecule has 4 heteroatoms. The summed E-state index contributed by atoms with van der Waals surface area (Å²) in [4.78, 5) is 4.92. The minimum absolute atomic E-state index is 0.941. The molecule has 0 saturated carbocycles. The molecule has 0 saturated heterocycles. The predicted octanol–water partition coefficient (Wildman–Crippen LogP) is 6.12. The maximum Gasteiger partial charge on any atom is 0.143 e. The summed E-state index contributed by atoms with van der Waals surface area (Å²) < 4.78 is 3.16. The van der Waals surface area contributed by atoms with Crippen LogP contribution in [-0.4, -0.2) is 9.38 Å². The van der Waals surface area contributed by atoms with Crippen LogP contribution in [0.2, 0.25) is 0 Å². The first kappa shape index (κ1) is 15.9. The van der Waals surface area contributed by atoms with Crippen molar-refractivity contribution in [2.24, 2.45) is 0 Å². The van der Waals surface area contributed by atoms with Gasteiger partial charge in [0.15, 0.2) is 0 Å². The highest BCUT2D eigenvalue weighted by molar-refractivity contribution is 9.10. The van der Waals surface area contributed by atoms with E-state index in [9.17, 15) is 0 Å². The Morgan fingerprint density at radius 1 is 0.960 bits per heavy atom. The molecule has 1 N–H and O–H groups in total. The Bertz CT molecular complexity index is 1050. The van der Waals surface area contributed by atoms with E-state index in [1.807, 2.05) is 18.3 Å². The number of anilines is 2. The first-order valence-electron chi connectivity index (χ1n) is 8.19. The van der Waals surface area contributed by atoms with E-state index < -0.39 is 0 Å². The van der Waals surface area contributed by atoms with Crippen molar-refractivity contribution in [3.05, 3.63) is 82.5 Å². The maximum absolute atomic E-state index is 4.92. The van der Waals surface area contributed by atoms with Crippen molar-refractivity contribution in [3.8, 4) is 11.3 Å². The highest BCUT2D eigenvalue weighted by atomic mass is 79.9. The molecule has 0 amide bonds. The van der Waals surface area contributed by atoms with E-state index in [4.69, 9.17) is 4.98 Å². The van der Waals surface area contributed by atoms with Gasteiger partial charge in [-0.15, -0.1) is 0 Å². The Morgan fingerprint density at radius 3 is 2.52 bits per heavy atom. The van der Waals surface area contributed by atoms with E-state index in [1.165, 1.54) is 5.56 Å². The average molecular weight is 392 g/mol. The van der Waals surface area contributed by atoms with Crippen molar-refractivity contribution < 1.29 is 0 Å². The van der Waals surface area contributed by atoms with Gasteiger partial charge in [0.2, 0.25) is 0 Å². The normalized spacial score (nSPS) is 11.0. The Balaban J connectivity index is 1.92. The van der Waals surface area contributed by atoms with Crippen LogP contribution >= 0.6 is 15.9 Å². The van der Waals surface area contributed by atoms with Crippen LogP contribution in [0.3, 0.4) is 0 Å². The van der Waals surface area contributed by atoms with Crippen molar-refractivity contribution in [2.45, 2.75) is 13.8 Å². The van der Waals surface area contributed by atoms with Crippen LogP contribution in [0.5, 0.6) is 0 Å². The van der Waals surface area contributed by atoms with Gasteiger partial charge >= 0.3 is 0 Å². The van der Waals surface area contributed by atoms with E-state index in [2.05, 4.69) is 88.0 Å². The molecule has 0 aliphatic heterocycles. The molecule has 25 heavy (non-hydrogen) atoms. The molecule has 0 radical (unpaired) electrons. The first-order valence-corrected chi connectivity index (χ1v) is 8.98. The van der Waals surface area contributed by atoms with E-state index in [-0.39, 0.29) is 0 Å². The molecule has 0 aliphatic carbocycles. The van der Waals surface area contributed by atoms with Crippen LogP contribution in [-0.2, 0) is 0 Å². The smallest absolute Gasteiger partial charge is 0.143 e. The second kappa shape index (κ2) is 6.37. The summed E-state index contributed by atoms with van der Waals surface area (Å²) in [6, 6.07) is 20.8. The van der Waals surface area contributed by atoms with Gasteiger partial charge in [0.05, 0.1) is 0 Å². The number of aromatic nitrogens is 2. The molecule has 0 fully saturated rings. The number of nitrogens with zero attached hydrogens (tertiary/aromatic N) is 2. The summed E-state index contributed by atoms with van der Waals surface area (Å²) >= 11 is 3.56. The van der Waals surface area contributed by atoms with Crippen LogP contribution in [0.1, 0.15) is 11.1 Å². The highest BCUT2D eigenvalue weighted by Gasteiger charge is 2.15. The molecule has 0 atom stereocenters. The number of nitrogens with one attached hydrogen (secondary N) is 1. The zero-order valence-electron chi connectivity index (χ0n) is 14.1. The van der Waals surface area contributed by atoms with Crippen LogP contribution in [0.4, 0.5) is 11.5 Å². The Kier molecular flexibility index (Phi) is 4.06. The summed E-state index contributed by atoms with van der Waals surface area (Å²) in [7, 11) is 0. The van der Waals surface area contributed by atoms with E-state index in [1.54, 1.807) is 0 Å². The molecule has 2 aromatic carbocycles. The zero-order chi connectivity index (χ0) is 17.4. The van der Waals surface area contributed by atoms with Gasteiger partial charge in [-0.2, -0.15) is 0 Å². The second-order valence-corrected chi connectivity index (χ2v) is 7.11. The molecule has 4 aromatic rings. The molecule has 4 rings (SSSR count). The summed E-state index contributed by atoms with van der Waals surface area (Å²) in [5.41, 5.74) is 6.42. The quantitative estimate of drug-likeness (QED) is 0.455. The second-order valence-electron chi connectivity index (χ2n) is 6.20. The fraction of sp³-hybridized carbons (Fsp3) is 0.0952. The van der Waals surface area contributed by atoms with E-state index in [0.29, 0.717) is 0 Å². The molecule has 3 nitrogen and oxygen atoms in total. The molecule has 124 valence electrons. The van der Waals surface area contributed by atoms with Crippen molar-refractivity contribution >= 4 is 33.1 Å². The van der Waals surface area contributed by atoms with Gasteiger partial charge in [-0.1, -0.05) is 51.8 Å². The highest BCUT2D eigenvalue weighted by Crippen LogP contribution is 2.33. The van der Waals surface area contributed by atoms with Gasteiger partial charge in [0, 0.05) is 21.9 Å². The summed E-state index contributed by atoms with van der Waals surface area (Å²) in [6.45, 7) is 4.18. The number of pyridine rings is 1. The number of hydrogen-bond donors (Lipinski definition) is 1. The Morgan fingerprint density at radius 2 is 1.76 bits per heavy atom. The molecule has 0 aliphatic rings. The fourth-order valence-corrected chi connectivity index (χ4v) is 3.33. The molecule has 2 aromatic heterocycles. The van der Waals surface area contributed by atoms with Crippen LogP contribution < -0.4 is 5.32 Å². The third-order valence-corrected chi connectivity index (χ3v) is 4.75. The standard InChI is InChI=1S/C21H18BrN3/c1-14-8-10-18(11-9-14)23-21-19(16-6-3-7-17(22)13-16)24-20-15(2)5-4-12-25(20)21/h3-13,23H,1-2H3. The summed E-state index contributed by atoms with van der Waals surface area (Å²) in [6.07, 6.45) is 2.05. The van der Waals surface area contributed by atoms with Gasteiger partial charge in [-0.25, -0.2) is 4.98 Å². The van der Waals surface area contributed by atoms with Crippen LogP contribution in [0.15, 0.2) is 71.3 Å². The Hall–Kier alpha value is -2.59. The molecular formula is C21H18BrN3. The fourth-order valence-electron chi connectivity index (χ4n) is 2.93. The number of imidazole rings is 1. The van der Waals surface area contributed by atoms with Crippen molar-refractivity contribution in [2.75, 3.05) is 5.32 Å². The van der Waals surface area contributed by atoms with Gasteiger partial charge < -0.3 is 5.32 Å². The number of aryl methyl sites for hydroxylation is 2. The molecule has 0 spiro atoms. The van der Waals surface area contributed by atoms with Crippen molar-refractivity contribution in [1.82, 2.24) is 9.38 Å². The average Bonchev–Trinajstić information content (AvgIpc) is 2.97. The molecular weight excluding hydrogens is 374 g/mol. The van der Waals surface area contributed by atoms with Gasteiger partial charge in [0.25, 0.3) is 0 Å².